The van der Waals surface area contributed by atoms with Crippen molar-refractivity contribution in [3.8, 4) is 6.01 Å². The molecule has 0 aliphatic carbocycles. The molecule has 8 nitrogen and oxygen atoms in total. The number of nitrogens with one attached hydrogen (secondary N) is 2. The summed E-state index contributed by atoms with van der Waals surface area (Å²) in [6.07, 6.45) is 1.60. The monoisotopic (exact) mass is 361 g/mol. The quantitative estimate of drug-likeness (QED) is 0.641. The van der Waals surface area contributed by atoms with Gasteiger partial charge >= 0.3 is 6.01 Å². The van der Waals surface area contributed by atoms with Crippen molar-refractivity contribution in [2.24, 2.45) is 10.7 Å². The zero-order chi connectivity index (χ0) is 18.7. The summed E-state index contributed by atoms with van der Waals surface area (Å²) in [6, 6.07) is 21.3. The summed E-state index contributed by atoms with van der Waals surface area (Å²) in [6.45, 7) is 0. The van der Waals surface area contributed by atoms with E-state index in [0.717, 1.165) is 11.3 Å². The molecule has 1 aromatic heterocycles. The van der Waals surface area contributed by atoms with Crippen molar-refractivity contribution < 1.29 is 4.74 Å². The second-order valence-corrected chi connectivity index (χ2v) is 5.95. The summed E-state index contributed by atoms with van der Waals surface area (Å²) >= 11 is 0. The Balaban J connectivity index is 1.61. The third-order valence-electron chi connectivity index (χ3n) is 4.05. The summed E-state index contributed by atoms with van der Waals surface area (Å²) in [5, 5.41) is 4.88. The number of nitrogens with zero attached hydrogens (tertiary/aromatic N) is 4. The summed E-state index contributed by atoms with van der Waals surface area (Å²) in [5.41, 5.74) is 11.3. The van der Waals surface area contributed by atoms with Crippen LogP contribution < -0.4 is 26.2 Å². The topological polar surface area (TPSA) is 101 Å². The Kier molecular flexibility index (Phi) is 4.41. The van der Waals surface area contributed by atoms with Crippen LogP contribution in [0.5, 0.6) is 6.01 Å². The molecule has 0 bridgehead atoms. The van der Waals surface area contributed by atoms with Gasteiger partial charge in [0.2, 0.25) is 5.79 Å². The number of anilines is 3. The van der Waals surface area contributed by atoms with E-state index >= 15 is 0 Å². The van der Waals surface area contributed by atoms with Crippen molar-refractivity contribution in [3.05, 3.63) is 72.3 Å². The molecule has 4 N–H and O–H groups in total. The van der Waals surface area contributed by atoms with Gasteiger partial charge in [-0.25, -0.2) is 10.0 Å². The van der Waals surface area contributed by atoms with Crippen LogP contribution in [0.3, 0.4) is 0 Å². The number of aliphatic imine (C=N–C) groups is 1. The van der Waals surface area contributed by atoms with E-state index in [4.69, 9.17) is 10.5 Å². The maximum Gasteiger partial charge on any atom is 0.320 e. The molecule has 1 unspecified atom stereocenters. The second-order valence-electron chi connectivity index (χ2n) is 5.95. The van der Waals surface area contributed by atoms with Gasteiger partial charge in [-0.3, -0.25) is 5.73 Å². The van der Waals surface area contributed by atoms with Crippen LogP contribution in [0.4, 0.5) is 17.3 Å². The first-order chi connectivity index (χ1) is 13.2. The Morgan fingerprint density at radius 1 is 1.04 bits per heavy atom. The molecule has 8 heteroatoms. The van der Waals surface area contributed by atoms with Crippen LogP contribution in [0.25, 0.3) is 0 Å². The van der Waals surface area contributed by atoms with Gasteiger partial charge in [-0.15, -0.1) is 0 Å². The Morgan fingerprint density at radius 3 is 2.44 bits per heavy atom. The number of methoxy groups -OCH3 is 1. The minimum Gasteiger partial charge on any atom is -0.467 e. The average molecular weight is 361 g/mol. The summed E-state index contributed by atoms with van der Waals surface area (Å²) in [5.74, 6) is 0.0756. The van der Waals surface area contributed by atoms with E-state index in [2.05, 4.69) is 25.7 Å². The highest BCUT2D eigenvalue weighted by Gasteiger charge is 2.33. The zero-order valence-corrected chi connectivity index (χ0v) is 14.7. The number of hydrogen-bond acceptors (Lipinski definition) is 8. The lowest BCUT2D eigenvalue weighted by Crippen LogP contribution is -2.51. The fourth-order valence-electron chi connectivity index (χ4n) is 2.70. The van der Waals surface area contributed by atoms with Gasteiger partial charge in [0.25, 0.3) is 0 Å². The lowest BCUT2D eigenvalue weighted by atomic mass is 10.1. The third kappa shape index (κ3) is 3.57. The smallest absolute Gasteiger partial charge is 0.320 e. The van der Waals surface area contributed by atoms with Crippen molar-refractivity contribution >= 4 is 23.7 Å². The Hall–Kier alpha value is -3.49. The molecule has 0 amide bonds. The van der Waals surface area contributed by atoms with Crippen molar-refractivity contribution in [1.82, 2.24) is 15.4 Å². The van der Waals surface area contributed by atoms with Gasteiger partial charge in [0, 0.05) is 17.3 Å². The van der Waals surface area contributed by atoms with Gasteiger partial charge in [0.05, 0.1) is 7.11 Å². The molecule has 0 saturated heterocycles. The van der Waals surface area contributed by atoms with Crippen molar-refractivity contribution in [1.29, 1.82) is 0 Å². The fraction of sp³-hybridized carbons (Fsp3) is 0.105. The summed E-state index contributed by atoms with van der Waals surface area (Å²) in [4.78, 5) is 13.1. The highest BCUT2D eigenvalue weighted by atomic mass is 16.5. The first-order valence-corrected chi connectivity index (χ1v) is 8.38. The molecule has 4 rings (SSSR count). The standard InChI is InChI=1S/C19H19N7O/c1-27-18-23-16(22-15-10-6-3-7-11-15)12-17(24-18)26-13-21-19(20,25-26)14-8-4-2-5-9-14/h2-13,25H,20H2,1H3,(H,22,23,24). The molecule has 1 aliphatic rings. The predicted molar refractivity (Wildman–Crippen MR) is 105 cm³/mol. The van der Waals surface area contributed by atoms with Gasteiger partial charge in [0.1, 0.15) is 12.2 Å². The molecule has 0 spiro atoms. The van der Waals surface area contributed by atoms with Gasteiger partial charge in [-0.05, 0) is 12.1 Å². The number of benzene rings is 2. The summed E-state index contributed by atoms with van der Waals surface area (Å²) in [7, 11) is 1.52. The maximum atomic E-state index is 6.40. The van der Waals surface area contributed by atoms with E-state index in [1.807, 2.05) is 60.7 Å². The van der Waals surface area contributed by atoms with Crippen molar-refractivity contribution in [2.45, 2.75) is 5.79 Å². The Labute approximate surface area is 156 Å². The molecule has 0 saturated carbocycles. The van der Waals surface area contributed by atoms with Gasteiger partial charge in [0.15, 0.2) is 5.82 Å². The predicted octanol–water partition coefficient (Wildman–Crippen LogP) is 2.35. The number of nitrogens with two attached hydrogens (primary N) is 1. The van der Waals surface area contributed by atoms with Crippen LogP contribution >= 0.6 is 0 Å². The van der Waals surface area contributed by atoms with Crippen molar-refractivity contribution in [3.63, 3.8) is 0 Å². The summed E-state index contributed by atoms with van der Waals surface area (Å²) < 4.78 is 5.24. The minimum atomic E-state index is -1.06. The van der Waals surface area contributed by atoms with E-state index in [1.165, 1.54) is 7.11 Å². The third-order valence-corrected chi connectivity index (χ3v) is 4.05. The van der Waals surface area contributed by atoms with Crippen LogP contribution in [0.2, 0.25) is 0 Å². The maximum absolute atomic E-state index is 6.40. The van der Waals surface area contributed by atoms with Gasteiger partial charge < -0.3 is 10.1 Å². The van der Waals surface area contributed by atoms with E-state index in [1.54, 1.807) is 17.4 Å². The van der Waals surface area contributed by atoms with E-state index in [-0.39, 0.29) is 6.01 Å². The molecule has 136 valence electrons. The molecule has 2 heterocycles. The molecule has 1 atom stereocenters. The second kappa shape index (κ2) is 7.02. The molecule has 2 aromatic carbocycles. The minimum absolute atomic E-state index is 0.232. The molecule has 27 heavy (non-hydrogen) atoms. The SMILES string of the molecule is COc1nc(Nc2ccccc2)cc(N2C=NC(N)(c3ccccc3)N2)n1. The normalized spacial score (nSPS) is 18.5. The van der Waals surface area contributed by atoms with Crippen molar-refractivity contribution in [2.75, 3.05) is 17.4 Å². The molecule has 0 fully saturated rings. The highest BCUT2D eigenvalue weighted by molar-refractivity contribution is 5.80. The number of aromatic nitrogens is 2. The number of ether oxygens (including phenoxy) is 1. The number of rotatable bonds is 5. The van der Waals surface area contributed by atoms with E-state index < -0.39 is 5.79 Å². The number of hydrogen-bond donors (Lipinski definition) is 3. The van der Waals surface area contributed by atoms with Crippen LogP contribution in [-0.4, -0.2) is 23.4 Å². The van der Waals surface area contributed by atoms with E-state index in [9.17, 15) is 0 Å². The van der Waals surface area contributed by atoms with Crippen LogP contribution in [-0.2, 0) is 5.79 Å². The highest BCUT2D eigenvalue weighted by Crippen LogP contribution is 2.26. The molecule has 0 radical (unpaired) electrons. The molecule has 3 aromatic rings. The molecule has 1 aliphatic heterocycles. The van der Waals surface area contributed by atoms with Gasteiger partial charge in [-0.1, -0.05) is 48.5 Å². The van der Waals surface area contributed by atoms with Crippen LogP contribution in [0.15, 0.2) is 71.7 Å². The fourth-order valence-corrected chi connectivity index (χ4v) is 2.70. The average Bonchev–Trinajstić information content (AvgIpc) is 3.13. The molecular formula is C19H19N7O. The van der Waals surface area contributed by atoms with Crippen LogP contribution in [0, 0.1) is 0 Å². The lowest BCUT2D eigenvalue weighted by Gasteiger charge is -2.25. The lowest BCUT2D eigenvalue weighted by molar-refractivity contribution is 0.376. The Morgan fingerprint density at radius 2 is 1.74 bits per heavy atom. The zero-order valence-electron chi connectivity index (χ0n) is 14.7. The van der Waals surface area contributed by atoms with Crippen LogP contribution in [0.1, 0.15) is 5.56 Å². The van der Waals surface area contributed by atoms with E-state index in [0.29, 0.717) is 11.6 Å². The van der Waals surface area contributed by atoms with Gasteiger partial charge in [-0.2, -0.15) is 15.4 Å². The largest absolute Gasteiger partial charge is 0.467 e. The first-order valence-electron chi connectivity index (χ1n) is 8.38. The number of hydrazine groups is 1. The molecular weight excluding hydrogens is 342 g/mol. The Bertz CT molecular complexity index is 949. The number of para-hydroxylation sites is 1. The first kappa shape index (κ1) is 17.0.